The number of hydrogen-bond donors (Lipinski definition) is 2. The Balaban J connectivity index is 1.85. The SMILES string of the molecule is CCCCC1CCC(C(=O)Nc2ccccc2CN)CC1. The van der Waals surface area contributed by atoms with Gasteiger partial charge >= 0.3 is 0 Å². The van der Waals surface area contributed by atoms with Crippen molar-refractivity contribution >= 4 is 11.6 Å². The van der Waals surface area contributed by atoms with E-state index in [1.807, 2.05) is 24.3 Å². The molecule has 1 aliphatic carbocycles. The van der Waals surface area contributed by atoms with E-state index >= 15 is 0 Å². The molecular formula is C18H28N2O. The first kappa shape index (κ1) is 16.0. The Labute approximate surface area is 128 Å². The minimum Gasteiger partial charge on any atom is -0.326 e. The fraction of sp³-hybridized carbons (Fsp3) is 0.611. The smallest absolute Gasteiger partial charge is 0.227 e. The summed E-state index contributed by atoms with van der Waals surface area (Å²) in [4.78, 5) is 12.4. The van der Waals surface area contributed by atoms with Crippen LogP contribution in [0.15, 0.2) is 24.3 Å². The van der Waals surface area contributed by atoms with Gasteiger partial charge in [-0.15, -0.1) is 0 Å². The quantitative estimate of drug-likeness (QED) is 0.828. The fourth-order valence-corrected chi connectivity index (χ4v) is 3.26. The second kappa shape index (κ2) is 8.18. The van der Waals surface area contributed by atoms with E-state index in [-0.39, 0.29) is 11.8 Å². The molecule has 0 atom stereocenters. The second-order valence-electron chi connectivity index (χ2n) is 6.21. The maximum Gasteiger partial charge on any atom is 0.227 e. The van der Waals surface area contributed by atoms with Gasteiger partial charge in [0.25, 0.3) is 0 Å². The highest BCUT2D eigenvalue weighted by atomic mass is 16.1. The summed E-state index contributed by atoms with van der Waals surface area (Å²) in [7, 11) is 0. The van der Waals surface area contributed by atoms with Crippen LogP contribution in [0.1, 0.15) is 57.4 Å². The van der Waals surface area contributed by atoms with Crippen LogP contribution in [-0.4, -0.2) is 5.91 Å². The zero-order valence-electron chi connectivity index (χ0n) is 13.1. The molecule has 3 N–H and O–H groups in total. The van der Waals surface area contributed by atoms with Gasteiger partial charge < -0.3 is 11.1 Å². The molecule has 0 spiro atoms. The van der Waals surface area contributed by atoms with Crippen LogP contribution in [0.5, 0.6) is 0 Å². The number of anilines is 1. The molecular weight excluding hydrogens is 260 g/mol. The Morgan fingerprint density at radius 2 is 1.95 bits per heavy atom. The Hall–Kier alpha value is -1.35. The molecule has 0 bridgehead atoms. The summed E-state index contributed by atoms with van der Waals surface area (Å²) in [5.41, 5.74) is 7.59. The van der Waals surface area contributed by atoms with E-state index in [4.69, 9.17) is 5.73 Å². The van der Waals surface area contributed by atoms with E-state index in [2.05, 4.69) is 12.2 Å². The molecule has 3 heteroatoms. The lowest BCUT2D eigenvalue weighted by molar-refractivity contribution is -0.121. The summed E-state index contributed by atoms with van der Waals surface area (Å²) in [5, 5.41) is 3.07. The van der Waals surface area contributed by atoms with Crippen molar-refractivity contribution in [3.8, 4) is 0 Å². The number of nitrogens with two attached hydrogens (primary N) is 1. The molecule has 0 aromatic heterocycles. The molecule has 21 heavy (non-hydrogen) atoms. The van der Waals surface area contributed by atoms with Crippen LogP contribution in [0.25, 0.3) is 0 Å². The van der Waals surface area contributed by atoms with Gasteiger partial charge in [-0.25, -0.2) is 0 Å². The van der Waals surface area contributed by atoms with Crippen LogP contribution >= 0.6 is 0 Å². The number of hydrogen-bond acceptors (Lipinski definition) is 2. The predicted octanol–water partition coefficient (Wildman–Crippen LogP) is 4.08. The lowest BCUT2D eigenvalue weighted by Gasteiger charge is -2.28. The molecule has 1 aromatic rings. The summed E-state index contributed by atoms with van der Waals surface area (Å²) in [5.74, 6) is 1.18. The number of amides is 1. The lowest BCUT2D eigenvalue weighted by Crippen LogP contribution is -2.27. The van der Waals surface area contributed by atoms with E-state index in [0.29, 0.717) is 6.54 Å². The molecule has 0 unspecified atom stereocenters. The minimum atomic E-state index is 0.171. The maximum absolute atomic E-state index is 12.4. The predicted molar refractivity (Wildman–Crippen MR) is 87.9 cm³/mol. The van der Waals surface area contributed by atoms with Gasteiger partial charge in [0, 0.05) is 18.2 Å². The fourth-order valence-electron chi connectivity index (χ4n) is 3.26. The van der Waals surface area contributed by atoms with Crippen LogP contribution in [0.2, 0.25) is 0 Å². The van der Waals surface area contributed by atoms with E-state index in [9.17, 15) is 4.79 Å². The van der Waals surface area contributed by atoms with Gasteiger partial charge in [-0.3, -0.25) is 4.79 Å². The van der Waals surface area contributed by atoms with Crippen molar-refractivity contribution in [2.45, 2.75) is 58.4 Å². The summed E-state index contributed by atoms with van der Waals surface area (Å²) in [6, 6.07) is 7.80. The molecule has 1 amide bonds. The summed E-state index contributed by atoms with van der Waals surface area (Å²) in [6.45, 7) is 2.70. The van der Waals surface area contributed by atoms with E-state index in [0.717, 1.165) is 30.0 Å². The summed E-state index contributed by atoms with van der Waals surface area (Å²) in [6.07, 6.45) is 8.41. The normalized spacial score (nSPS) is 22.0. The highest BCUT2D eigenvalue weighted by Crippen LogP contribution is 2.32. The second-order valence-corrected chi connectivity index (χ2v) is 6.21. The largest absolute Gasteiger partial charge is 0.326 e. The van der Waals surface area contributed by atoms with Gasteiger partial charge in [0.1, 0.15) is 0 Å². The number of benzene rings is 1. The molecule has 2 rings (SSSR count). The van der Waals surface area contributed by atoms with Crippen molar-refractivity contribution in [1.29, 1.82) is 0 Å². The van der Waals surface area contributed by atoms with Gasteiger partial charge in [-0.1, -0.05) is 44.4 Å². The Morgan fingerprint density at radius 1 is 1.24 bits per heavy atom. The maximum atomic E-state index is 12.4. The minimum absolute atomic E-state index is 0.171. The van der Waals surface area contributed by atoms with E-state index in [1.54, 1.807) is 0 Å². The van der Waals surface area contributed by atoms with Crippen molar-refractivity contribution in [3.05, 3.63) is 29.8 Å². The van der Waals surface area contributed by atoms with Crippen LogP contribution in [0.4, 0.5) is 5.69 Å². The number of rotatable bonds is 6. The molecule has 1 aromatic carbocycles. The number of unbranched alkanes of at least 4 members (excludes halogenated alkanes) is 1. The first-order chi connectivity index (χ1) is 10.2. The van der Waals surface area contributed by atoms with Gasteiger partial charge in [0.15, 0.2) is 0 Å². The number of carbonyl (C=O) groups excluding carboxylic acids is 1. The number of nitrogens with one attached hydrogen (secondary N) is 1. The van der Waals surface area contributed by atoms with Gasteiger partial charge in [0.05, 0.1) is 0 Å². The standard InChI is InChI=1S/C18H28N2O/c1-2-3-6-14-9-11-15(12-10-14)18(21)20-17-8-5-4-7-16(17)13-19/h4-5,7-8,14-15H,2-3,6,9-13,19H2,1H3,(H,20,21). The monoisotopic (exact) mass is 288 g/mol. The average molecular weight is 288 g/mol. The van der Waals surface area contributed by atoms with Crippen molar-refractivity contribution in [2.24, 2.45) is 17.6 Å². The molecule has 1 saturated carbocycles. The van der Waals surface area contributed by atoms with Crippen molar-refractivity contribution in [3.63, 3.8) is 0 Å². The third kappa shape index (κ3) is 4.57. The van der Waals surface area contributed by atoms with E-state index < -0.39 is 0 Å². The Kier molecular flexibility index (Phi) is 6.24. The molecule has 0 saturated heterocycles. The Bertz CT molecular complexity index is 450. The third-order valence-corrected chi connectivity index (χ3v) is 4.68. The van der Waals surface area contributed by atoms with Crippen LogP contribution in [0.3, 0.4) is 0 Å². The first-order valence-electron chi connectivity index (χ1n) is 8.33. The number of carbonyl (C=O) groups is 1. The zero-order chi connectivity index (χ0) is 15.1. The van der Waals surface area contributed by atoms with Gasteiger partial charge in [-0.05, 0) is 43.2 Å². The highest BCUT2D eigenvalue weighted by Gasteiger charge is 2.26. The molecule has 1 aliphatic rings. The van der Waals surface area contributed by atoms with Crippen molar-refractivity contribution in [2.75, 3.05) is 5.32 Å². The van der Waals surface area contributed by atoms with Crippen molar-refractivity contribution < 1.29 is 4.79 Å². The molecule has 0 radical (unpaired) electrons. The lowest BCUT2D eigenvalue weighted by atomic mass is 9.79. The van der Waals surface area contributed by atoms with E-state index in [1.165, 1.54) is 32.1 Å². The molecule has 1 fully saturated rings. The highest BCUT2D eigenvalue weighted by molar-refractivity contribution is 5.93. The number of para-hydroxylation sites is 1. The van der Waals surface area contributed by atoms with Crippen molar-refractivity contribution in [1.82, 2.24) is 0 Å². The average Bonchev–Trinajstić information content (AvgIpc) is 2.54. The summed E-state index contributed by atoms with van der Waals surface area (Å²) < 4.78 is 0. The first-order valence-corrected chi connectivity index (χ1v) is 8.33. The third-order valence-electron chi connectivity index (χ3n) is 4.68. The summed E-state index contributed by atoms with van der Waals surface area (Å²) >= 11 is 0. The topological polar surface area (TPSA) is 55.1 Å². The molecule has 3 nitrogen and oxygen atoms in total. The molecule has 0 heterocycles. The zero-order valence-corrected chi connectivity index (χ0v) is 13.1. The van der Waals surface area contributed by atoms with Gasteiger partial charge in [-0.2, -0.15) is 0 Å². The molecule has 0 aliphatic heterocycles. The Morgan fingerprint density at radius 3 is 2.62 bits per heavy atom. The molecule has 116 valence electrons. The van der Waals surface area contributed by atoms with Crippen LogP contribution in [0, 0.1) is 11.8 Å². The van der Waals surface area contributed by atoms with Gasteiger partial charge in [0.2, 0.25) is 5.91 Å². The van der Waals surface area contributed by atoms with Crippen LogP contribution in [-0.2, 0) is 11.3 Å². The van der Waals surface area contributed by atoms with Crippen LogP contribution < -0.4 is 11.1 Å².